The van der Waals surface area contributed by atoms with Crippen LogP contribution in [0.3, 0.4) is 0 Å². The van der Waals surface area contributed by atoms with Crippen LogP contribution in [0.15, 0.2) is 107 Å². The highest BCUT2D eigenvalue weighted by Crippen LogP contribution is 2.40. The molecule has 0 aliphatic carbocycles. The van der Waals surface area contributed by atoms with Gasteiger partial charge >= 0.3 is 0 Å². The molecule has 4 aromatic carbocycles. The van der Waals surface area contributed by atoms with Crippen LogP contribution in [0.25, 0.3) is 6.08 Å². The van der Waals surface area contributed by atoms with E-state index in [0.29, 0.717) is 34.6 Å². The van der Waals surface area contributed by atoms with E-state index in [9.17, 15) is 4.79 Å². The molecule has 1 fully saturated rings. The van der Waals surface area contributed by atoms with Crippen LogP contribution in [0.2, 0.25) is 0 Å². The van der Waals surface area contributed by atoms with E-state index in [0.717, 1.165) is 40.9 Å². The second-order valence-electron chi connectivity index (χ2n) is 10.7. The Kier molecular flexibility index (Phi) is 10.0. The van der Waals surface area contributed by atoms with Gasteiger partial charge in [-0.15, -0.1) is 6.58 Å². The first-order valence-electron chi connectivity index (χ1n) is 14.9. The van der Waals surface area contributed by atoms with Crippen molar-refractivity contribution in [3.63, 3.8) is 0 Å². The number of nitrogens with zero attached hydrogens (tertiary/aromatic N) is 2. The lowest BCUT2D eigenvalue weighted by atomic mass is 10.0. The normalized spacial score (nSPS) is 14.8. The van der Waals surface area contributed by atoms with Crippen molar-refractivity contribution in [3.05, 3.63) is 136 Å². The average Bonchev–Trinajstić information content (AvgIpc) is 3.35. The number of thioether (sulfide) groups is 1. The summed E-state index contributed by atoms with van der Waals surface area (Å²) in [6, 6.07) is 28.5. The third-order valence-corrected chi connectivity index (χ3v) is 8.49. The second kappa shape index (κ2) is 14.3. The molecule has 0 bridgehead atoms. The molecule has 0 radical (unpaired) electrons. The number of amidine groups is 1. The molecule has 44 heavy (non-hydrogen) atoms. The van der Waals surface area contributed by atoms with E-state index in [1.54, 1.807) is 12.0 Å². The lowest BCUT2D eigenvalue weighted by Gasteiger charge is -2.16. The van der Waals surface area contributed by atoms with Crippen LogP contribution in [0.4, 0.5) is 11.4 Å². The van der Waals surface area contributed by atoms with Gasteiger partial charge in [-0.05, 0) is 103 Å². The van der Waals surface area contributed by atoms with Gasteiger partial charge in [0, 0.05) is 5.56 Å². The van der Waals surface area contributed by atoms with Gasteiger partial charge in [0.25, 0.3) is 5.91 Å². The summed E-state index contributed by atoms with van der Waals surface area (Å²) in [6.45, 7) is 10.7. The fourth-order valence-electron chi connectivity index (χ4n) is 4.95. The molecule has 1 amide bonds. The van der Waals surface area contributed by atoms with Crippen molar-refractivity contribution in [3.8, 4) is 11.5 Å². The summed E-state index contributed by atoms with van der Waals surface area (Å²) in [4.78, 5) is 21.2. The Hall–Kier alpha value is -4.55. The molecule has 0 spiro atoms. The molecule has 0 saturated carbocycles. The summed E-state index contributed by atoms with van der Waals surface area (Å²) in [5, 5.41) is 0.617. The standard InChI is InChI=1S/C38H38N2O3S/c1-6-9-31-22-30(23-34(42-5)36(31)43-25-29-12-10-26(4)11-13-29)24-35-37(41)40(33-20-16-28(8-3)17-21-33)38(44-35)39-32-18-14-27(7-2)15-19-32/h6,10-24H,1,7-9,25H2,2-5H3/b35-24-,39-38?. The van der Waals surface area contributed by atoms with E-state index in [-0.39, 0.29) is 5.91 Å². The van der Waals surface area contributed by atoms with Gasteiger partial charge < -0.3 is 9.47 Å². The molecule has 0 atom stereocenters. The number of rotatable bonds is 11. The zero-order valence-corrected chi connectivity index (χ0v) is 26.6. The molecule has 1 aliphatic rings. The maximum absolute atomic E-state index is 14.0. The van der Waals surface area contributed by atoms with E-state index >= 15 is 0 Å². The van der Waals surface area contributed by atoms with Crippen molar-refractivity contribution >= 4 is 40.3 Å². The van der Waals surface area contributed by atoms with Crippen molar-refractivity contribution in [2.24, 2.45) is 4.99 Å². The Morgan fingerprint density at radius 1 is 0.886 bits per heavy atom. The van der Waals surface area contributed by atoms with Gasteiger partial charge in [-0.1, -0.05) is 74.0 Å². The third-order valence-electron chi connectivity index (χ3n) is 7.52. The number of hydrogen-bond acceptors (Lipinski definition) is 5. The largest absolute Gasteiger partial charge is 0.493 e. The van der Waals surface area contributed by atoms with Crippen LogP contribution < -0.4 is 14.4 Å². The van der Waals surface area contributed by atoms with Gasteiger partial charge in [-0.2, -0.15) is 0 Å². The monoisotopic (exact) mass is 602 g/mol. The fraction of sp³-hybridized carbons (Fsp3) is 0.211. The van der Waals surface area contributed by atoms with E-state index in [2.05, 4.69) is 75.9 Å². The second-order valence-corrected chi connectivity index (χ2v) is 11.7. The predicted octanol–water partition coefficient (Wildman–Crippen LogP) is 9.24. The smallest absolute Gasteiger partial charge is 0.271 e. The number of ether oxygens (including phenoxy) is 2. The van der Waals surface area contributed by atoms with Crippen LogP contribution in [0.5, 0.6) is 11.5 Å². The SMILES string of the molecule is C=CCc1cc(/C=C2\SC(=Nc3ccc(CC)cc3)N(c3ccc(CC)cc3)C2=O)cc(OC)c1OCc1ccc(C)cc1. The predicted molar refractivity (Wildman–Crippen MR) is 184 cm³/mol. The number of carbonyl (C=O) groups excluding carboxylic acids is 1. The summed E-state index contributed by atoms with van der Waals surface area (Å²) >= 11 is 1.37. The third kappa shape index (κ3) is 7.14. The molecule has 224 valence electrons. The zero-order valence-electron chi connectivity index (χ0n) is 25.8. The number of anilines is 1. The number of aryl methyl sites for hydroxylation is 3. The van der Waals surface area contributed by atoms with Gasteiger partial charge in [-0.25, -0.2) is 4.99 Å². The first-order chi connectivity index (χ1) is 21.4. The average molecular weight is 603 g/mol. The summed E-state index contributed by atoms with van der Waals surface area (Å²) in [7, 11) is 1.63. The van der Waals surface area contributed by atoms with E-state index in [1.807, 2.05) is 48.6 Å². The Morgan fingerprint density at radius 2 is 1.52 bits per heavy atom. The van der Waals surface area contributed by atoms with E-state index in [1.165, 1.54) is 28.5 Å². The molecule has 1 heterocycles. The van der Waals surface area contributed by atoms with Crippen molar-refractivity contribution < 1.29 is 14.3 Å². The molecule has 0 aromatic heterocycles. The number of methoxy groups -OCH3 is 1. The van der Waals surface area contributed by atoms with Gasteiger partial charge in [0.1, 0.15) is 6.61 Å². The minimum Gasteiger partial charge on any atom is -0.493 e. The van der Waals surface area contributed by atoms with Crippen LogP contribution in [-0.4, -0.2) is 18.2 Å². The Morgan fingerprint density at radius 3 is 2.14 bits per heavy atom. The topological polar surface area (TPSA) is 51.1 Å². The number of carbonyl (C=O) groups is 1. The highest BCUT2D eigenvalue weighted by molar-refractivity contribution is 8.19. The summed E-state index contributed by atoms with van der Waals surface area (Å²) < 4.78 is 12.1. The fourth-order valence-corrected chi connectivity index (χ4v) is 5.96. The van der Waals surface area contributed by atoms with Crippen LogP contribution >= 0.6 is 11.8 Å². The van der Waals surface area contributed by atoms with E-state index < -0.39 is 0 Å². The molecule has 6 heteroatoms. The summed E-state index contributed by atoms with van der Waals surface area (Å²) in [6.07, 6.45) is 6.23. The number of allylic oxidation sites excluding steroid dienone is 1. The van der Waals surface area contributed by atoms with Crippen molar-refractivity contribution in [2.75, 3.05) is 12.0 Å². The number of hydrogen-bond donors (Lipinski definition) is 0. The molecule has 1 saturated heterocycles. The molecular formula is C38H38N2O3S. The summed E-state index contributed by atoms with van der Waals surface area (Å²) in [5.74, 6) is 1.17. The number of amides is 1. The van der Waals surface area contributed by atoms with Gasteiger partial charge in [-0.3, -0.25) is 9.69 Å². The van der Waals surface area contributed by atoms with Crippen LogP contribution in [-0.2, 0) is 30.7 Å². The Balaban J connectivity index is 1.51. The Bertz CT molecular complexity index is 1690. The molecule has 5 rings (SSSR count). The Labute approximate surface area is 264 Å². The van der Waals surface area contributed by atoms with E-state index in [4.69, 9.17) is 14.5 Å². The minimum absolute atomic E-state index is 0.118. The molecule has 1 aliphatic heterocycles. The lowest BCUT2D eigenvalue weighted by molar-refractivity contribution is -0.113. The maximum atomic E-state index is 14.0. The molecule has 4 aromatic rings. The van der Waals surface area contributed by atoms with Gasteiger partial charge in [0.2, 0.25) is 0 Å². The zero-order chi connectivity index (χ0) is 31.1. The number of benzene rings is 4. The molecule has 0 unspecified atom stereocenters. The number of aliphatic imine (C=N–C) groups is 1. The molecule has 5 nitrogen and oxygen atoms in total. The van der Waals surface area contributed by atoms with Crippen molar-refractivity contribution in [1.29, 1.82) is 0 Å². The van der Waals surface area contributed by atoms with Crippen LogP contribution in [0.1, 0.15) is 47.2 Å². The summed E-state index contributed by atoms with van der Waals surface area (Å²) in [5.41, 5.74) is 8.10. The highest BCUT2D eigenvalue weighted by atomic mass is 32.2. The van der Waals surface area contributed by atoms with Crippen molar-refractivity contribution in [1.82, 2.24) is 0 Å². The van der Waals surface area contributed by atoms with Crippen molar-refractivity contribution in [2.45, 2.75) is 46.6 Å². The minimum atomic E-state index is -0.118. The molecular weight excluding hydrogens is 564 g/mol. The van der Waals surface area contributed by atoms with Gasteiger partial charge in [0.05, 0.1) is 23.4 Å². The first-order valence-corrected chi connectivity index (χ1v) is 15.7. The first kappa shape index (κ1) is 30.9. The molecule has 0 N–H and O–H groups in total. The highest BCUT2D eigenvalue weighted by Gasteiger charge is 2.35. The van der Waals surface area contributed by atoms with Gasteiger partial charge in [0.15, 0.2) is 16.7 Å². The van der Waals surface area contributed by atoms with Crippen LogP contribution in [0, 0.1) is 6.92 Å². The quantitative estimate of drug-likeness (QED) is 0.127. The lowest BCUT2D eigenvalue weighted by Crippen LogP contribution is -2.28. The maximum Gasteiger partial charge on any atom is 0.271 e.